The molecule has 11 aliphatic carbocycles. The van der Waals surface area contributed by atoms with Gasteiger partial charge >= 0.3 is 0 Å². The molecule has 0 radical (unpaired) electrons. The molecule has 5 aromatic carbocycles. The number of rotatable bonds is 10. The molecular weight excluding hydrogens is 1140 g/mol. The van der Waals surface area contributed by atoms with Gasteiger partial charge < -0.3 is 54.0 Å². The number of aliphatic hydroxyl groups is 2. The Kier molecular flexibility index (Phi) is 13.5. The van der Waals surface area contributed by atoms with Gasteiger partial charge in [0.05, 0.1) is 54.2 Å². The van der Waals surface area contributed by atoms with E-state index in [1.54, 1.807) is 43.5 Å². The predicted octanol–water partition coefficient (Wildman–Crippen LogP) is 13.1. The number of fused-ring (bicyclic) bond motifs is 6. The third-order valence-corrected chi connectivity index (χ3v) is 26.7. The first-order valence-electron chi connectivity index (χ1n) is 35.0. The molecule has 0 amide bonds. The van der Waals surface area contributed by atoms with Crippen molar-refractivity contribution in [1.82, 2.24) is 10.6 Å². The predicted molar refractivity (Wildman–Crippen MR) is 345 cm³/mol. The molecule has 13 nitrogen and oxygen atoms in total. The highest BCUT2D eigenvalue weighted by molar-refractivity contribution is 5.96. The zero-order valence-corrected chi connectivity index (χ0v) is 52.4. The molecule has 15 aliphatic rings. The van der Waals surface area contributed by atoms with E-state index in [2.05, 4.69) is 53.6 Å². The topological polar surface area (TPSA) is 181 Å². The van der Waals surface area contributed by atoms with Crippen LogP contribution in [-0.2, 0) is 15.9 Å². The summed E-state index contributed by atoms with van der Waals surface area (Å²) in [4.78, 5) is 0. The van der Waals surface area contributed by atoms with Crippen LogP contribution in [0, 0.1) is 81.3 Å². The van der Waals surface area contributed by atoms with E-state index >= 15 is 0 Å². The number of phenols is 3. The summed E-state index contributed by atoms with van der Waals surface area (Å²) in [5, 5.41) is 70.4. The maximum absolute atomic E-state index is 13.8. The lowest BCUT2D eigenvalue weighted by molar-refractivity contribution is -0.212. The fourth-order valence-electron chi connectivity index (χ4n) is 23.5. The molecule has 7 saturated carbocycles. The van der Waals surface area contributed by atoms with E-state index in [1.165, 1.54) is 64.2 Å². The summed E-state index contributed by atoms with van der Waals surface area (Å²) in [5.74, 6) is 10.7. The van der Waals surface area contributed by atoms with Crippen LogP contribution in [0.15, 0.2) is 103 Å². The van der Waals surface area contributed by atoms with Crippen molar-refractivity contribution in [1.29, 1.82) is 0 Å². The van der Waals surface area contributed by atoms with E-state index in [0.717, 1.165) is 71.2 Å². The van der Waals surface area contributed by atoms with Crippen molar-refractivity contribution in [3.63, 3.8) is 0 Å². The Labute approximate surface area is 534 Å². The molecule has 476 valence electrons. The number of benzene rings is 5. The number of aliphatic hydroxyl groups excluding tert-OH is 2. The van der Waals surface area contributed by atoms with Crippen molar-refractivity contribution < 1.29 is 54.0 Å². The first-order chi connectivity index (χ1) is 44.4. The molecule has 7 N–H and O–H groups in total. The molecule has 0 aromatic heterocycles. The Morgan fingerprint density at radius 3 is 2.47 bits per heavy atom. The second-order valence-corrected chi connectivity index (χ2v) is 30.6. The molecule has 4 heterocycles. The van der Waals surface area contributed by atoms with Gasteiger partial charge in [0.15, 0.2) is 0 Å². The van der Waals surface area contributed by atoms with Crippen LogP contribution < -0.4 is 29.6 Å². The largest absolute Gasteiger partial charge is 0.508 e. The highest BCUT2D eigenvalue weighted by Crippen LogP contribution is 2.84. The van der Waals surface area contributed by atoms with E-state index in [0.29, 0.717) is 96.0 Å². The highest BCUT2D eigenvalue weighted by atomic mass is 16.5. The van der Waals surface area contributed by atoms with Gasteiger partial charge in [-0.1, -0.05) is 73.6 Å². The SMILES string of the molecule is COCCC[C@H]1Oc2c3cc(c4cc(O)ccc24)OCC#C[C@@H]2CN[C@]4(CC5(CCCC5)[C@]56CC[C@@]78CCC[C@H]7C[C@H](C=C[C@H]85)[C@@H]46)N[C@@]24[C@@H]2C=C[C@@H]([C@H](O)C2)[C@@H]4O[C@@H]3[C@@H]1[C@H]1COc2c(Cc3cc(O)ccc3-c3cccc(O)c3)cc(OC3CCCC3)cc2[C@H]1O. The fraction of sp³-hybridized carbons (Fsp3) is 0.564. The van der Waals surface area contributed by atoms with Crippen LogP contribution in [0.1, 0.15) is 150 Å². The third-order valence-electron chi connectivity index (χ3n) is 26.7. The Bertz CT molecular complexity index is 3860. The van der Waals surface area contributed by atoms with Gasteiger partial charge in [0.2, 0.25) is 0 Å². The van der Waals surface area contributed by atoms with E-state index in [1.807, 2.05) is 30.3 Å². The molecule has 91 heavy (non-hydrogen) atoms. The van der Waals surface area contributed by atoms with Gasteiger partial charge in [-0.05, 0) is 208 Å². The molecule has 18 atom stereocenters. The van der Waals surface area contributed by atoms with E-state index in [9.17, 15) is 25.5 Å². The smallest absolute Gasteiger partial charge is 0.149 e. The molecule has 8 bridgehead atoms. The molecule has 1 saturated heterocycles. The van der Waals surface area contributed by atoms with Crippen LogP contribution in [0.4, 0.5) is 0 Å². The summed E-state index contributed by atoms with van der Waals surface area (Å²) in [5.41, 5.74) is 4.36. The zero-order valence-electron chi connectivity index (χ0n) is 52.4. The van der Waals surface area contributed by atoms with E-state index in [-0.39, 0.29) is 65.1 Å². The van der Waals surface area contributed by atoms with Gasteiger partial charge in [0.25, 0.3) is 0 Å². The van der Waals surface area contributed by atoms with Gasteiger partial charge in [0.1, 0.15) is 53.0 Å². The lowest BCUT2D eigenvalue weighted by Gasteiger charge is -2.65. The Morgan fingerprint density at radius 1 is 0.758 bits per heavy atom. The van der Waals surface area contributed by atoms with Crippen molar-refractivity contribution >= 4 is 10.8 Å². The quantitative estimate of drug-likeness (QED) is 0.0399. The van der Waals surface area contributed by atoms with Crippen LogP contribution >= 0.6 is 0 Å². The van der Waals surface area contributed by atoms with Crippen molar-refractivity contribution in [2.45, 2.75) is 170 Å². The minimum atomic E-state index is -1.09. The number of allylic oxidation sites excluding steroid dienone is 2. The summed E-state index contributed by atoms with van der Waals surface area (Å²) < 4.78 is 43.0. The molecule has 13 heteroatoms. The van der Waals surface area contributed by atoms with Gasteiger partial charge in [-0.15, -0.1) is 0 Å². The maximum Gasteiger partial charge on any atom is 0.149 e. The summed E-state index contributed by atoms with van der Waals surface area (Å²) in [6.07, 6.45) is 27.1. The van der Waals surface area contributed by atoms with Gasteiger partial charge in [-0.25, -0.2) is 0 Å². The van der Waals surface area contributed by atoms with Crippen molar-refractivity contribution in [3.8, 4) is 63.2 Å². The van der Waals surface area contributed by atoms with Crippen molar-refractivity contribution in [2.24, 2.45) is 69.5 Å². The highest BCUT2D eigenvalue weighted by Gasteiger charge is 2.81. The van der Waals surface area contributed by atoms with Crippen molar-refractivity contribution in [3.05, 3.63) is 125 Å². The monoisotopic (exact) mass is 1230 g/mol. The number of nitrogens with one attached hydrogen (secondary N) is 2. The molecular formula is C78H88N2O11. The Hall–Kier alpha value is -6.24. The molecule has 5 aromatic rings. The summed E-state index contributed by atoms with van der Waals surface area (Å²) >= 11 is 0. The molecule has 0 unspecified atom stereocenters. The van der Waals surface area contributed by atoms with E-state index < -0.39 is 53.6 Å². The Morgan fingerprint density at radius 2 is 1.62 bits per heavy atom. The first kappa shape index (κ1) is 57.4. The minimum Gasteiger partial charge on any atom is -0.508 e. The van der Waals surface area contributed by atoms with Gasteiger partial charge in [0, 0.05) is 83.7 Å². The maximum atomic E-state index is 13.8. The van der Waals surface area contributed by atoms with E-state index in [4.69, 9.17) is 33.7 Å². The average molecular weight is 1230 g/mol. The minimum absolute atomic E-state index is 0.0269. The van der Waals surface area contributed by atoms with Crippen molar-refractivity contribution in [2.75, 3.05) is 33.5 Å². The van der Waals surface area contributed by atoms with Crippen LogP contribution in [0.5, 0.6) is 40.2 Å². The average Bonchev–Trinajstić information content (AvgIpc) is 1.50. The third kappa shape index (κ3) is 8.43. The van der Waals surface area contributed by atoms with Gasteiger partial charge in [-0.2, -0.15) is 0 Å². The molecule has 4 aliphatic heterocycles. The number of hydrogen-bond donors (Lipinski definition) is 7. The van der Waals surface area contributed by atoms with Crippen LogP contribution in [0.2, 0.25) is 0 Å². The fourth-order valence-corrected chi connectivity index (χ4v) is 23.5. The van der Waals surface area contributed by atoms with Crippen LogP contribution in [0.3, 0.4) is 0 Å². The van der Waals surface area contributed by atoms with Crippen LogP contribution in [-0.4, -0.2) is 94.6 Å². The van der Waals surface area contributed by atoms with Gasteiger partial charge in [-0.3, -0.25) is 10.6 Å². The summed E-state index contributed by atoms with van der Waals surface area (Å²) in [6.45, 7) is 1.43. The molecule has 5 spiro atoms. The summed E-state index contributed by atoms with van der Waals surface area (Å²) in [7, 11) is 1.73. The second-order valence-electron chi connectivity index (χ2n) is 30.6. The first-order valence-corrected chi connectivity index (χ1v) is 35.0. The number of aromatic hydroxyl groups is 3. The lowest BCUT2D eigenvalue weighted by atomic mass is 9.50. The second kappa shape index (κ2) is 21.4. The number of methoxy groups -OCH3 is 1. The summed E-state index contributed by atoms with van der Waals surface area (Å²) in [6, 6.07) is 24.0. The molecule has 8 fully saturated rings. The standard InChI is InChI=1S/C78H88N2O11/c1-86-30-9-16-64-67(62-42-88-69-47(36-55(39-60(69)68(62)85)89-54-14-2-3-15-54)32-46-35-52(82)19-22-56(46)44-10-6-13-51(81)34-44)71-61-40-65(59-38-53(83)20-23-57(59)70(61)90-64)87-31-8-12-50-41-79-77(80-78(50)49-18-21-58(63(84)37-49)73(78)91-71)43-74(25-4-5-26-74)76-29-28-75-27-7-11-48(75)33-45(72(76)77)17-24-66(75)76/h6,10,13,17-24,34-36,38-40,45,48-50,54,58,62-64,66-68,71-73,79-85H,2-5,7,9,11,14-16,25-33,37,41-43H2,1H3/t45-,48-,49+,50+,58-,62+,63+,64+,66+,67+,68+,71-,72+,73-,75-,76+,77+,78-/m0/s1. The molecule has 20 rings (SSSR count). The number of ether oxygens (including phenoxy) is 6. The lowest BCUT2D eigenvalue weighted by Crippen LogP contribution is -2.83. The number of phenolic OH excluding ortho intramolecular Hbond substituents is 3. The zero-order chi connectivity index (χ0) is 61.2. The number of hydrogen-bond acceptors (Lipinski definition) is 13. The Balaban J connectivity index is 0.800. The van der Waals surface area contributed by atoms with Crippen LogP contribution in [0.25, 0.3) is 21.9 Å². The normalized spacial score (nSPS) is 38.9.